The van der Waals surface area contributed by atoms with Gasteiger partial charge in [0.2, 0.25) is 0 Å². The van der Waals surface area contributed by atoms with E-state index in [0.717, 1.165) is 22.7 Å². The lowest BCUT2D eigenvalue weighted by molar-refractivity contribution is -0.885. The predicted octanol–water partition coefficient (Wildman–Crippen LogP) is 2.92. The normalized spacial score (nSPS) is 12.0. The smallest absolute Gasteiger partial charge is 0.279 e. The van der Waals surface area contributed by atoms with Crippen LogP contribution in [-0.4, -0.2) is 19.5 Å². The van der Waals surface area contributed by atoms with Crippen molar-refractivity contribution in [2.75, 3.05) is 18.9 Å². The van der Waals surface area contributed by atoms with Crippen LogP contribution in [0.5, 0.6) is 0 Å². The van der Waals surface area contributed by atoms with E-state index in [2.05, 4.69) is 37.4 Å². The average molecular weight is 332 g/mol. The number of aryl methyl sites for hydroxylation is 3. The van der Waals surface area contributed by atoms with Crippen LogP contribution in [0.2, 0.25) is 5.02 Å². The number of nitrogens with one attached hydrogen (secondary N) is 2. The fourth-order valence-corrected chi connectivity index (χ4v) is 2.89. The van der Waals surface area contributed by atoms with Gasteiger partial charge in [-0.2, -0.15) is 0 Å². The van der Waals surface area contributed by atoms with E-state index in [1.165, 1.54) is 16.7 Å². The van der Waals surface area contributed by atoms with E-state index in [0.29, 0.717) is 11.6 Å². The lowest BCUT2D eigenvalue weighted by atomic mass is 10.1. The molecule has 1 amide bonds. The Hall–Kier alpha value is -1.84. The Bertz CT molecular complexity index is 713. The zero-order valence-electron chi connectivity index (χ0n) is 14.2. The van der Waals surface area contributed by atoms with Crippen molar-refractivity contribution in [1.82, 2.24) is 0 Å². The molecule has 0 aliphatic carbocycles. The van der Waals surface area contributed by atoms with E-state index in [1.54, 1.807) is 6.07 Å². The molecule has 0 aliphatic heterocycles. The third-order valence-corrected chi connectivity index (χ3v) is 4.15. The average Bonchev–Trinajstić information content (AvgIpc) is 2.45. The molecular weight excluding hydrogens is 308 g/mol. The van der Waals surface area contributed by atoms with Gasteiger partial charge in [-0.1, -0.05) is 35.4 Å². The zero-order chi connectivity index (χ0) is 17.0. The zero-order valence-corrected chi connectivity index (χ0v) is 14.9. The van der Waals surface area contributed by atoms with Crippen molar-refractivity contribution in [2.24, 2.45) is 0 Å². The standard InChI is InChI=1S/C19H23ClN2O/c1-13-5-6-16(14(2)9-13)11-22(4)12-19(23)21-18-8-7-17(20)10-15(18)3/h5-10H,11-12H2,1-4H3,(H,21,23)/p+1. The van der Waals surface area contributed by atoms with Gasteiger partial charge in [0.15, 0.2) is 6.54 Å². The number of hydrogen-bond donors (Lipinski definition) is 2. The van der Waals surface area contributed by atoms with Crippen LogP contribution >= 0.6 is 11.6 Å². The van der Waals surface area contributed by atoms with Gasteiger partial charge in [0, 0.05) is 16.3 Å². The van der Waals surface area contributed by atoms with Gasteiger partial charge in [0.25, 0.3) is 5.91 Å². The van der Waals surface area contributed by atoms with Crippen LogP contribution < -0.4 is 10.2 Å². The molecule has 0 aliphatic rings. The van der Waals surface area contributed by atoms with E-state index in [9.17, 15) is 4.79 Å². The Kier molecular flexibility index (Phi) is 5.80. The van der Waals surface area contributed by atoms with Crippen LogP contribution in [-0.2, 0) is 11.3 Å². The van der Waals surface area contributed by atoms with Gasteiger partial charge >= 0.3 is 0 Å². The van der Waals surface area contributed by atoms with Crippen molar-refractivity contribution in [1.29, 1.82) is 0 Å². The summed E-state index contributed by atoms with van der Waals surface area (Å²) in [6.07, 6.45) is 0. The van der Waals surface area contributed by atoms with Gasteiger partial charge in [-0.25, -0.2) is 0 Å². The second kappa shape index (κ2) is 7.62. The Morgan fingerprint density at radius 2 is 1.83 bits per heavy atom. The summed E-state index contributed by atoms with van der Waals surface area (Å²) in [6.45, 7) is 7.41. The number of carbonyl (C=O) groups is 1. The molecule has 4 heteroatoms. The lowest BCUT2D eigenvalue weighted by Crippen LogP contribution is -3.08. The maximum Gasteiger partial charge on any atom is 0.279 e. The molecule has 0 saturated carbocycles. The Morgan fingerprint density at radius 1 is 1.09 bits per heavy atom. The predicted molar refractivity (Wildman–Crippen MR) is 96.2 cm³/mol. The number of benzene rings is 2. The second-order valence-corrected chi connectivity index (χ2v) is 6.68. The molecule has 0 heterocycles. The van der Waals surface area contributed by atoms with Crippen LogP contribution in [0, 0.1) is 20.8 Å². The number of likely N-dealkylation sites (N-methyl/N-ethyl adjacent to an activating group) is 1. The first-order valence-electron chi connectivity index (χ1n) is 7.78. The molecule has 0 radical (unpaired) electrons. The molecule has 2 N–H and O–H groups in total. The van der Waals surface area contributed by atoms with Crippen LogP contribution in [0.1, 0.15) is 22.3 Å². The van der Waals surface area contributed by atoms with E-state index in [1.807, 2.05) is 26.1 Å². The second-order valence-electron chi connectivity index (χ2n) is 6.25. The maximum absolute atomic E-state index is 12.2. The third kappa shape index (κ3) is 5.08. The van der Waals surface area contributed by atoms with Gasteiger partial charge in [0.1, 0.15) is 6.54 Å². The SMILES string of the molecule is Cc1ccc(C[NH+](C)CC(=O)Nc2ccc(Cl)cc2C)c(C)c1. The number of halogens is 1. The van der Waals surface area contributed by atoms with Gasteiger partial charge < -0.3 is 10.2 Å². The first-order chi connectivity index (χ1) is 10.8. The first kappa shape index (κ1) is 17.5. The third-order valence-electron chi connectivity index (χ3n) is 3.92. The van der Waals surface area contributed by atoms with Crippen molar-refractivity contribution >= 4 is 23.2 Å². The van der Waals surface area contributed by atoms with E-state index in [-0.39, 0.29) is 5.91 Å². The van der Waals surface area contributed by atoms with E-state index in [4.69, 9.17) is 11.6 Å². The summed E-state index contributed by atoms with van der Waals surface area (Å²) in [5, 5.41) is 3.64. The fourth-order valence-electron chi connectivity index (χ4n) is 2.67. The largest absolute Gasteiger partial charge is 0.326 e. The summed E-state index contributed by atoms with van der Waals surface area (Å²) in [5.41, 5.74) is 5.61. The molecule has 23 heavy (non-hydrogen) atoms. The summed E-state index contributed by atoms with van der Waals surface area (Å²) in [4.78, 5) is 13.4. The van der Waals surface area contributed by atoms with Gasteiger partial charge in [-0.3, -0.25) is 4.79 Å². The summed E-state index contributed by atoms with van der Waals surface area (Å²) >= 11 is 5.94. The molecule has 2 rings (SSSR count). The van der Waals surface area contributed by atoms with Gasteiger partial charge in [0.05, 0.1) is 7.05 Å². The number of hydrogen-bond acceptors (Lipinski definition) is 1. The fraction of sp³-hybridized carbons (Fsp3) is 0.316. The molecule has 0 aromatic heterocycles. The van der Waals surface area contributed by atoms with Gasteiger partial charge in [-0.15, -0.1) is 0 Å². The molecule has 0 fully saturated rings. The molecule has 1 unspecified atom stereocenters. The van der Waals surface area contributed by atoms with Crippen molar-refractivity contribution in [3.8, 4) is 0 Å². The number of anilines is 1. The number of carbonyl (C=O) groups excluding carboxylic acids is 1. The summed E-state index contributed by atoms with van der Waals surface area (Å²) < 4.78 is 0. The van der Waals surface area contributed by atoms with Crippen molar-refractivity contribution in [3.05, 3.63) is 63.7 Å². The Balaban J connectivity index is 1.94. The summed E-state index contributed by atoms with van der Waals surface area (Å²) in [5.74, 6) is 0.0117. The molecule has 2 aromatic carbocycles. The summed E-state index contributed by atoms with van der Waals surface area (Å²) in [6, 6.07) is 11.9. The van der Waals surface area contributed by atoms with Crippen molar-refractivity contribution in [3.63, 3.8) is 0 Å². The van der Waals surface area contributed by atoms with E-state index < -0.39 is 0 Å². The highest BCUT2D eigenvalue weighted by Gasteiger charge is 2.13. The lowest BCUT2D eigenvalue weighted by Gasteiger charge is -2.16. The number of rotatable bonds is 5. The minimum absolute atomic E-state index is 0.0117. The molecule has 2 aromatic rings. The highest BCUT2D eigenvalue weighted by Crippen LogP contribution is 2.19. The Morgan fingerprint density at radius 3 is 2.48 bits per heavy atom. The highest BCUT2D eigenvalue weighted by molar-refractivity contribution is 6.30. The molecule has 0 spiro atoms. The molecular formula is C19H24ClN2O+. The van der Waals surface area contributed by atoms with Crippen LogP contribution in [0.4, 0.5) is 5.69 Å². The molecule has 0 saturated heterocycles. The van der Waals surface area contributed by atoms with E-state index >= 15 is 0 Å². The highest BCUT2D eigenvalue weighted by atomic mass is 35.5. The minimum atomic E-state index is 0.0117. The first-order valence-corrected chi connectivity index (χ1v) is 8.16. The van der Waals surface area contributed by atoms with Crippen molar-refractivity contribution in [2.45, 2.75) is 27.3 Å². The Labute approximate surface area is 143 Å². The van der Waals surface area contributed by atoms with Crippen LogP contribution in [0.3, 0.4) is 0 Å². The van der Waals surface area contributed by atoms with Crippen LogP contribution in [0.25, 0.3) is 0 Å². The number of quaternary nitrogens is 1. The quantitative estimate of drug-likeness (QED) is 0.867. The minimum Gasteiger partial charge on any atom is -0.326 e. The molecule has 1 atom stereocenters. The maximum atomic E-state index is 12.2. The topological polar surface area (TPSA) is 33.5 Å². The monoisotopic (exact) mass is 331 g/mol. The summed E-state index contributed by atoms with van der Waals surface area (Å²) in [7, 11) is 2.04. The van der Waals surface area contributed by atoms with Crippen molar-refractivity contribution < 1.29 is 9.69 Å². The van der Waals surface area contributed by atoms with Gasteiger partial charge in [-0.05, 0) is 50.1 Å². The molecule has 122 valence electrons. The molecule has 3 nitrogen and oxygen atoms in total. The number of amides is 1. The molecule has 0 bridgehead atoms. The van der Waals surface area contributed by atoms with Crippen LogP contribution in [0.15, 0.2) is 36.4 Å².